The van der Waals surface area contributed by atoms with Gasteiger partial charge in [0.2, 0.25) is 10.0 Å². The largest absolute Gasteiger partial charge is 0.381 e. The van der Waals surface area contributed by atoms with E-state index in [0.29, 0.717) is 18.7 Å². The summed E-state index contributed by atoms with van der Waals surface area (Å²) in [6.45, 7) is 5.79. The Morgan fingerprint density at radius 1 is 1.29 bits per heavy atom. The molecular weight excluding hydrogens is 290 g/mol. The molecule has 0 radical (unpaired) electrons. The van der Waals surface area contributed by atoms with Gasteiger partial charge < -0.3 is 11.1 Å². The average molecular weight is 313 g/mol. The fourth-order valence-corrected chi connectivity index (χ4v) is 4.46. The van der Waals surface area contributed by atoms with Crippen LogP contribution in [0.15, 0.2) is 12.4 Å². The Hall–Kier alpha value is -1.41. The molecule has 2 rings (SSSR count). The molecule has 0 aromatic carbocycles. The molecule has 118 valence electrons. The van der Waals surface area contributed by atoms with Crippen molar-refractivity contribution in [3.63, 3.8) is 0 Å². The summed E-state index contributed by atoms with van der Waals surface area (Å²) in [6.07, 6.45) is 5.19. The molecule has 0 aliphatic heterocycles. The maximum atomic E-state index is 12.6. The lowest BCUT2D eigenvalue weighted by molar-refractivity contribution is 0.339. The number of aromatic nitrogens is 2. The van der Waals surface area contributed by atoms with Crippen LogP contribution in [0, 0.1) is 0 Å². The van der Waals surface area contributed by atoms with Crippen LogP contribution < -0.4 is 15.8 Å². The molecule has 1 saturated carbocycles. The van der Waals surface area contributed by atoms with Gasteiger partial charge >= 0.3 is 0 Å². The molecule has 1 aliphatic rings. The van der Waals surface area contributed by atoms with Crippen LogP contribution in [0.1, 0.15) is 40.0 Å². The third-order valence-electron chi connectivity index (χ3n) is 3.58. The first-order chi connectivity index (χ1) is 9.65. The van der Waals surface area contributed by atoms with E-state index in [9.17, 15) is 8.42 Å². The lowest BCUT2D eigenvalue weighted by Crippen LogP contribution is -2.58. The Bertz CT molecular complexity index is 605. The number of hydrogen-bond acceptors (Lipinski definition) is 6. The minimum atomic E-state index is -3.43. The first kappa shape index (κ1) is 16.0. The lowest BCUT2D eigenvalue weighted by atomic mass is 9.84. The molecule has 0 unspecified atom stereocenters. The van der Waals surface area contributed by atoms with E-state index in [4.69, 9.17) is 5.73 Å². The highest BCUT2D eigenvalue weighted by Gasteiger charge is 2.49. The number of sulfonamides is 1. The summed E-state index contributed by atoms with van der Waals surface area (Å²) in [6, 6.07) is 0. The summed E-state index contributed by atoms with van der Waals surface area (Å²) >= 11 is 0. The first-order valence-corrected chi connectivity index (χ1v) is 8.47. The smallest absolute Gasteiger partial charge is 0.219 e. The zero-order chi connectivity index (χ0) is 15.7. The summed E-state index contributed by atoms with van der Waals surface area (Å²) < 4.78 is 27.2. The highest BCUT2D eigenvalue weighted by Crippen LogP contribution is 2.39. The Kier molecular flexibility index (Phi) is 4.12. The topological polar surface area (TPSA) is 110 Å². The number of nitrogens with two attached hydrogens (primary N) is 1. The van der Waals surface area contributed by atoms with E-state index in [1.165, 1.54) is 12.4 Å². The molecule has 0 atom stereocenters. The first-order valence-electron chi connectivity index (χ1n) is 6.99. The van der Waals surface area contributed by atoms with Crippen molar-refractivity contribution in [1.29, 1.82) is 0 Å². The summed E-state index contributed by atoms with van der Waals surface area (Å²) in [5, 5.41) is 3.03. The van der Waals surface area contributed by atoms with Crippen LogP contribution >= 0.6 is 0 Å². The third kappa shape index (κ3) is 3.44. The van der Waals surface area contributed by atoms with Crippen molar-refractivity contribution < 1.29 is 8.42 Å². The number of anilines is 2. The highest BCUT2D eigenvalue weighted by molar-refractivity contribution is 7.91. The summed E-state index contributed by atoms with van der Waals surface area (Å²) in [7, 11) is -3.43. The van der Waals surface area contributed by atoms with Crippen LogP contribution in [0.5, 0.6) is 0 Å². The van der Waals surface area contributed by atoms with E-state index >= 15 is 0 Å². The van der Waals surface area contributed by atoms with Gasteiger partial charge in [-0.05, 0) is 33.6 Å². The normalized spacial score (nSPS) is 18.0. The number of rotatable bonds is 5. The van der Waals surface area contributed by atoms with Gasteiger partial charge in [0.05, 0.1) is 0 Å². The van der Waals surface area contributed by atoms with E-state index in [-0.39, 0.29) is 12.4 Å². The van der Waals surface area contributed by atoms with Gasteiger partial charge in [0.15, 0.2) is 11.6 Å². The molecule has 1 aliphatic carbocycles. The quantitative estimate of drug-likeness (QED) is 0.751. The molecule has 0 saturated heterocycles. The molecule has 0 bridgehead atoms. The second kappa shape index (κ2) is 5.42. The zero-order valence-electron chi connectivity index (χ0n) is 12.7. The monoisotopic (exact) mass is 313 g/mol. The minimum Gasteiger partial charge on any atom is -0.381 e. The maximum absolute atomic E-state index is 12.6. The van der Waals surface area contributed by atoms with Crippen LogP contribution in [0.25, 0.3) is 0 Å². The van der Waals surface area contributed by atoms with Crippen molar-refractivity contribution in [3.05, 3.63) is 12.4 Å². The zero-order valence-corrected chi connectivity index (χ0v) is 13.5. The summed E-state index contributed by atoms with van der Waals surface area (Å²) in [5.41, 5.74) is 5.23. The van der Waals surface area contributed by atoms with E-state index in [0.717, 1.165) is 6.42 Å². The number of hydrogen-bond donors (Lipinski definition) is 3. The molecule has 1 aromatic heterocycles. The number of nitrogen functional groups attached to an aromatic ring is 1. The molecule has 21 heavy (non-hydrogen) atoms. The Balaban J connectivity index is 2.14. The molecule has 1 fully saturated rings. The van der Waals surface area contributed by atoms with Gasteiger partial charge in [-0.15, -0.1) is 0 Å². The maximum Gasteiger partial charge on any atom is 0.219 e. The predicted octanol–water partition coefficient (Wildman–Crippen LogP) is 1.11. The van der Waals surface area contributed by atoms with Gasteiger partial charge in [-0.3, -0.25) is 0 Å². The van der Waals surface area contributed by atoms with Gasteiger partial charge in [-0.1, -0.05) is 6.42 Å². The van der Waals surface area contributed by atoms with Gasteiger partial charge in [-0.2, -0.15) is 0 Å². The van der Waals surface area contributed by atoms with Crippen LogP contribution in [0.3, 0.4) is 0 Å². The number of nitrogens with zero attached hydrogens (tertiary/aromatic N) is 2. The summed E-state index contributed by atoms with van der Waals surface area (Å²) in [4.78, 5) is 8.02. The highest BCUT2D eigenvalue weighted by atomic mass is 32.2. The average Bonchev–Trinajstić information content (AvgIpc) is 2.26. The molecular formula is C13H23N5O2S. The van der Waals surface area contributed by atoms with Crippen molar-refractivity contribution in [2.24, 2.45) is 0 Å². The predicted molar refractivity (Wildman–Crippen MR) is 83.3 cm³/mol. The van der Waals surface area contributed by atoms with Crippen LogP contribution in [0.2, 0.25) is 0 Å². The van der Waals surface area contributed by atoms with Crippen molar-refractivity contribution in [3.8, 4) is 0 Å². The second-order valence-corrected chi connectivity index (χ2v) is 8.61. The van der Waals surface area contributed by atoms with E-state index in [1.807, 2.05) is 20.8 Å². The van der Waals surface area contributed by atoms with Gasteiger partial charge in [-0.25, -0.2) is 23.1 Å². The van der Waals surface area contributed by atoms with Gasteiger partial charge in [0, 0.05) is 24.5 Å². The van der Waals surface area contributed by atoms with Gasteiger partial charge in [0.25, 0.3) is 0 Å². The fourth-order valence-electron chi connectivity index (χ4n) is 2.35. The van der Waals surface area contributed by atoms with Crippen molar-refractivity contribution in [2.45, 2.75) is 50.3 Å². The van der Waals surface area contributed by atoms with Crippen LogP contribution in [-0.4, -0.2) is 35.2 Å². The molecule has 1 heterocycles. The second-order valence-electron chi connectivity index (χ2n) is 6.54. The molecule has 0 spiro atoms. The van der Waals surface area contributed by atoms with Crippen molar-refractivity contribution >= 4 is 21.7 Å². The van der Waals surface area contributed by atoms with Gasteiger partial charge in [0.1, 0.15) is 4.75 Å². The molecule has 1 aromatic rings. The third-order valence-corrected chi connectivity index (χ3v) is 6.15. The van der Waals surface area contributed by atoms with Crippen LogP contribution in [-0.2, 0) is 10.0 Å². The Morgan fingerprint density at radius 2 is 1.90 bits per heavy atom. The van der Waals surface area contributed by atoms with E-state index in [2.05, 4.69) is 20.0 Å². The molecule has 8 heteroatoms. The molecule has 0 amide bonds. The summed E-state index contributed by atoms with van der Waals surface area (Å²) in [5.74, 6) is 0.697. The van der Waals surface area contributed by atoms with E-state index < -0.39 is 20.3 Å². The van der Waals surface area contributed by atoms with E-state index in [1.54, 1.807) is 0 Å². The van der Waals surface area contributed by atoms with Crippen molar-refractivity contribution in [2.75, 3.05) is 17.6 Å². The number of nitrogens with one attached hydrogen (secondary N) is 2. The molecule has 7 nitrogen and oxygen atoms in total. The van der Waals surface area contributed by atoms with Crippen molar-refractivity contribution in [1.82, 2.24) is 14.7 Å². The Labute approximate surface area is 125 Å². The standard InChI is InChI=1S/C13H23N5O2S/c1-12(2,3)18-21(19,20)13(5-4-6-13)9-17-11-10(14)15-7-8-16-11/h7-8,18H,4-6,9H2,1-3H3,(H2,14,15)(H,16,17). The fraction of sp³-hybridized carbons (Fsp3) is 0.692. The minimum absolute atomic E-state index is 0.271. The van der Waals surface area contributed by atoms with Crippen LogP contribution in [0.4, 0.5) is 11.6 Å². The SMILES string of the molecule is CC(C)(C)NS(=O)(=O)C1(CNc2nccnc2N)CCC1. The Morgan fingerprint density at radius 3 is 2.38 bits per heavy atom. The lowest BCUT2D eigenvalue weighted by Gasteiger charge is -2.42. The molecule has 4 N–H and O–H groups in total.